The van der Waals surface area contributed by atoms with Crippen molar-refractivity contribution >= 4 is 16.9 Å². The Hall–Kier alpha value is -1.26. The minimum Gasteiger partial charge on any atom is -0.299 e. The van der Waals surface area contributed by atoms with Crippen molar-refractivity contribution in [3.8, 4) is 0 Å². The van der Waals surface area contributed by atoms with Crippen LogP contribution >= 0.6 is 0 Å². The highest BCUT2D eigenvalue weighted by Gasteiger charge is 2.58. The van der Waals surface area contributed by atoms with Gasteiger partial charge in [0.2, 0.25) is 0 Å². The van der Waals surface area contributed by atoms with Crippen molar-refractivity contribution in [2.24, 2.45) is 28.6 Å². The zero-order valence-corrected chi connectivity index (χ0v) is 19.3. The molecule has 4 aliphatic rings. The Balaban J connectivity index is 1.31. The normalized spacial score (nSPS) is 41.4. The van der Waals surface area contributed by atoms with Crippen molar-refractivity contribution in [3.63, 3.8) is 0 Å². The first-order valence-corrected chi connectivity index (χ1v) is 12.8. The van der Waals surface area contributed by atoms with Gasteiger partial charge in [0.05, 0.1) is 11.0 Å². The van der Waals surface area contributed by atoms with Gasteiger partial charge in [0.1, 0.15) is 5.78 Å². The summed E-state index contributed by atoms with van der Waals surface area (Å²) in [5.41, 5.74) is 2.85. The molecule has 3 fully saturated rings. The van der Waals surface area contributed by atoms with Crippen LogP contribution < -0.4 is 0 Å². The first kappa shape index (κ1) is 20.6. The van der Waals surface area contributed by atoms with Gasteiger partial charge >= 0.3 is 0 Å². The number of carbonyl (C=O) groups excluding carboxylic acids is 1. The molecular weight excluding hydrogens is 392 g/mol. The fourth-order valence-corrected chi connectivity index (χ4v) is 8.19. The molecule has 3 nitrogen and oxygen atoms in total. The molecule has 7 atom stereocenters. The second-order valence-corrected chi connectivity index (χ2v) is 11.8. The molecule has 0 heterocycles. The number of hydrogen-bond acceptors (Lipinski definition) is 3. The van der Waals surface area contributed by atoms with Crippen LogP contribution in [0.25, 0.3) is 0 Å². The van der Waals surface area contributed by atoms with Crippen LogP contribution in [0.1, 0.15) is 70.8 Å². The Bertz CT molecular complexity index is 903. The molecule has 4 aliphatic carbocycles. The van der Waals surface area contributed by atoms with E-state index in [1.807, 2.05) is 31.2 Å². The smallest absolute Gasteiger partial charge is 0.189 e. The van der Waals surface area contributed by atoms with Crippen LogP contribution in [-0.2, 0) is 20.1 Å². The number of aryl methyl sites for hydroxylation is 1. The minimum atomic E-state index is -1.40. The SMILES string of the molecule is Cc1ccc([S@@](=O)O[C@H]2CC[C@@]3(C)C(=CC[C@@H]4[C@@H]3CC[C@]3(C)C(=O)CC[C@@H]43)C2)cc1. The first-order valence-electron chi connectivity index (χ1n) is 11.7. The molecule has 0 aliphatic heterocycles. The summed E-state index contributed by atoms with van der Waals surface area (Å²) in [6.07, 6.45) is 10.7. The summed E-state index contributed by atoms with van der Waals surface area (Å²) >= 11 is -1.40. The van der Waals surface area contributed by atoms with Gasteiger partial charge in [0.25, 0.3) is 0 Å². The van der Waals surface area contributed by atoms with Crippen molar-refractivity contribution in [1.29, 1.82) is 0 Å². The van der Waals surface area contributed by atoms with Crippen molar-refractivity contribution in [3.05, 3.63) is 41.5 Å². The van der Waals surface area contributed by atoms with Crippen LogP contribution in [0, 0.1) is 35.5 Å². The third-order valence-corrected chi connectivity index (χ3v) is 10.3. The second kappa shape index (κ2) is 7.41. The molecule has 0 bridgehead atoms. The van der Waals surface area contributed by atoms with Crippen LogP contribution in [0.4, 0.5) is 0 Å². The lowest BCUT2D eigenvalue weighted by Crippen LogP contribution is -2.50. The lowest BCUT2D eigenvalue weighted by Gasteiger charge is -2.56. The molecule has 1 aromatic carbocycles. The van der Waals surface area contributed by atoms with Crippen molar-refractivity contribution < 1.29 is 13.2 Å². The van der Waals surface area contributed by atoms with Gasteiger partial charge < -0.3 is 0 Å². The molecule has 4 heteroatoms. The van der Waals surface area contributed by atoms with Crippen LogP contribution in [0.2, 0.25) is 0 Å². The number of rotatable bonds is 3. The highest BCUT2D eigenvalue weighted by Crippen LogP contribution is 2.64. The van der Waals surface area contributed by atoms with E-state index < -0.39 is 11.1 Å². The van der Waals surface area contributed by atoms with Gasteiger partial charge in [0.15, 0.2) is 11.1 Å². The Kier molecular flexibility index (Phi) is 5.10. The summed E-state index contributed by atoms with van der Waals surface area (Å²) in [7, 11) is 0. The van der Waals surface area contributed by atoms with Gasteiger partial charge in [0, 0.05) is 11.8 Å². The molecule has 0 spiro atoms. The van der Waals surface area contributed by atoms with Crippen LogP contribution in [0.3, 0.4) is 0 Å². The Morgan fingerprint density at radius 2 is 1.70 bits per heavy atom. The number of hydrogen-bond donors (Lipinski definition) is 0. The molecule has 162 valence electrons. The summed E-state index contributed by atoms with van der Waals surface area (Å²) < 4.78 is 18.8. The average molecular weight is 427 g/mol. The summed E-state index contributed by atoms with van der Waals surface area (Å²) in [6, 6.07) is 7.79. The minimum absolute atomic E-state index is 0.0323. The largest absolute Gasteiger partial charge is 0.299 e. The monoisotopic (exact) mass is 426 g/mol. The Morgan fingerprint density at radius 3 is 2.47 bits per heavy atom. The van der Waals surface area contributed by atoms with Crippen LogP contribution in [-0.4, -0.2) is 16.1 Å². The number of benzene rings is 1. The zero-order chi connectivity index (χ0) is 21.1. The van der Waals surface area contributed by atoms with E-state index in [2.05, 4.69) is 19.9 Å². The second-order valence-electron chi connectivity index (χ2n) is 10.7. The molecule has 0 saturated heterocycles. The molecule has 5 rings (SSSR count). The predicted octanol–water partition coefficient (Wildman–Crippen LogP) is 5.93. The molecule has 1 aromatic rings. The van der Waals surface area contributed by atoms with Gasteiger partial charge in [-0.25, -0.2) is 4.21 Å². The maximum atomic E-state index is 12.7. The lowest BCUT2D eigenvalue weighted by atomic mass is 9.48. The van der Waals surface area contributed by atoms with E-state index >= 15 is 0 Å². The van der Waals surface area contributed by atoms with E-state index in [9.17, 15) is 9.00 Å². The van der Waals surface area contributed by atoms with Crippen LogP contribution in [0.5, 0.6) is 0 Å². The van der Waals surface area contributed by atoms with Gasteiger partial charge in [-0.2, -0.15) is 0 Å². The molecule has 3 saturated carbocycles. The average Bonchev–Trinajstić information content (AvgIpc) is 3.03. The van der Waals surface area contributed by atoms with E-state index in [-0.39, 0.29) is 16.9 Å². The van der Waals surface area contributed by atoms with Crippen molar-refractivity contribution in [2.45, 2.75) is 83.1 Å². The first-order chi connectivity index (χ1) is 14.3. The Labute approximate surface area is 183 Å². The maximum absolute atomic E-state index is 12.7. The van der Waals surface area contributed by atoms with E-state index in [0.29, 0.717) is 23.5 Å². The van der Waals surface area contributed by atoms with Gasteiger partial charge in [-0.05, 0) is 87.2 Å². The summed E-state index contributed by atoms with van der Waals surface area (Å²) in [5.74, 6) is 2.43. The van der Waals surface area contributed by atoms with Crippen molar-refractivity contribution in [2.75, 3.05) is 0 Å². The molecule has 0 N–H and O–H groups in total. The third kappa shape index (κ3) is 3.17. The number of ketones is 1. The zero-order valence-electron chi connectivity index (χ0n) is 18.5. The summed E-state index contributed by atoms with van der Waals surface area (Å²) in [4.78, 5) is 13.3. The fourth-order valence-electron chi connectivity index (χ4n) is 7.31. The standard InChI is InChI=1S/C26H34O3S/c1-17-4-7-20(8-5-17)30(28)29-19-12-14-25(2)18(16-19)6-9-21-22-10-11-24(27)26(22,3)15-13-23(21)25/h4-8,19,21-23H,9-16H2,1-3H3/t19-,21-,22-,23-,25-,26-,30-/m0/s1. The topological polar surface area (TPSA) is 43.4 Å². The maximum Gasteiger partial charge on any atom is 0.189 e. The van der Waals surface area contributed by atoms with Gasteiger partial charge in [-0.15, -0.1) is 0 Å². The summed E-state index contributed by atoms with van der Waals surface area (Å²) in [5, 5.41) is 0. The van der Waals surface area contributed by atoms with Crippen molar-refractivity contribution in [1.82, 2.24) is 0 Å². The number of Topliss-reactive ketones (excluding diaryl/α,β-unsaturated/α-hetero) is 1. The highest BCUT2D eigenvalue weighted by molar-refractivity contribution is 7.80. The molecule has 0 radical (unpaired) electrons. The van der Waals surface area contributed by atoms with E-state index in [1.54, 1.807) is 0 Å². The fraction of sp³-hybridized carbons (Fsp3) is 0.654. The Morgan fingerprint density at radius 1 is 1.00 bits per heavy atom. The number of fused-ring (bicyclic) bond motifs is 5. The quantitative estimate of drug-likeness (QED) is 0.562. The number of carbonyl (C=O) groups is 1. The highest BCUT2D eigenvalue weighted by atomic mass is 32.2. The number of allylic oxidation sites excluding steroid dienone is 1. The van der Waals surface area contributed by atoms with Gasteiger partial charge in [-0.3, -0.25) is 8.98 Å². The molecular formula is C26H34O3S. The molecule has 0 amide bonds. The van der Waals surface area contributed by atoms with E-state index in [4.69, 9.17) is 4.18 Å². The molecule has 30 heavy (non-hydrogen) atoms. The molecule has 0 aromatic heterocycles. The van der Waals surface area contributed by atoms with E-state index in [1.165, 1.54) is 17.6 Å². The van der Waals surface area contributed by atoms with E-state index in [0.717, 1.165) is 49.8 Å². The third-order valence-electron chi connectivity index (χ3n) is 9.20. The predicted molar refractivity (Wildman–Crippen MR) is 119 cm³/mol. The molecule has 0 unspecified atom stereocenters. The lowest BCUT2D eigenvalue weighted by molar-refractivity contribution is -0.131. The van der Waals surface area contributed by atoms with Gasteiger partial charge in [-0.1, -0.05) is 43.2 Å². The van der Waals surface area contributed by atoms with Crippen LogP contribution in [0.15, 0.2) is 40.8 Å². The summed E-state index contributed by atoms with van der Waals surface area (Å²) in [6.45, 7) is 6.74.